The van der Waals surface area contributed by atoms with Crippen molar-refractivity contribution >= 4 is 45.6 Å². The molecule has 1 N–H and O–H groups in total. The van der Waals surface area contributed by atoms with Crippen LogP contribution in [0.4, 0.5) is 10.8 Å². The van der Waals surface area contributed by atoms with E-state index >= 15 is 0 Å². The van der Waals surface area contributed by atoms with E-state index in [4.69, 9.17) is 9.47 Å². The lowest BCUT2D eigenvalue weighted by Gasteiger charge is -2.22. The van der Waals surface area contributed by atoms with Crippen molar-refractivity contribution in [3.63, 3.8) is 0 Å². The number of ether oxygens (including phenoxy) is 2. The van der Waals surface area contributed by atoms with Gasteiger partial charge < -0.3 is 14.6 Å². The second-order valence-electron chi connectivity index (χ2n) is 10.1. The summed E-state index contributed by atoms with van der Waals surface area (Å²) in [4.78, 5) is 56.2. The molecule has 0 aliphatic carbocycles. The quantitative estimate of drug-likeness (QED) is 0.0412. The van der Waals surface area contributed by atoms with Gasteiger partial charge in [-0.2, -0.15) is 0 Å². The highest BCUT2D eigenvalue weighted by atomic mass is 32.1. The highest BCUT2D eigenvalue weighted by Gasteiger charge is 2.48. The number of nitro benzene ring substituents is 1. The van der Waals surface area contributed by atoms with E-state index in [1.54, 1.807) is 31.2 Å². The van der Waals surface area contributed by atoms with E-state index in [1.165, 1.54) is 30.3 Å². The summed E-state index contributed by atoms with van der Waals surface area (Å²) in [6.07, 6.45) is 1.40. The van der Waals surface area contributed by atoms with E-state index in [2.05, 4.69) is 11.6 Å². The fourth-order valence-electron chi connectivity index (χ4n) is 4.83. The second kappa shape index (κ2) is 12.9. The molecule has 0 bridgehead atoms. The first-order valence-corrected chi connectivity index (χ1v) is 14.5. The van der Waals surface area contributed by atoms with Crippen LogP contribution in [-0.4, -0.2) is 39.3 Å². The molecule has 4 aromatic rings. The highest BCUT2D eigenvalue weighted by molar-refractivity contribution is 7.17. The minimum atomic E-state index is -1.29. The lowest BCUT2D eigenvalue weighted by atomic mass is 9.95. The number of aryl methyl sites for hydroxylation is 2. The van der Waals surface area contributed by atoms with Gasteiger partial charge in [0.15, 0.2) is 5.13 Å². The second-order valence-corrected chi connectivity index (χ2v) is 11.0. The number of esters is 1. The number of rotatable bonds is 10. The minimum absolute atomic E-state index is 0.0179. The molecule has 1 aliphatic heterocycles. The summed E-state index contributed by atoms with van der Waals surface area (Å²) < 4.78 is 11.0. The van der Waals surface area contributed by atoms with Crippen LogP contribution in [0.1, 0.15) is 43.7 Å². The van der Waals surface area contributed by atoms with E-state index in [0.29, 0.717) is 12.4 Å². The van der Waals surface area contributed by atoms with Gasteiger partial charge >= 0.3 is 11.9 Å². The van der Waals surface area contributed by atoms with Crippen LogP contribution in [0.25, 0.3) is 5.76 Å². The third kappa shape index (κ3) is 6.22. The zero-order chi connectivity index (χ0) is 32.2. The molecular weight excluding hydrogens is 598 g/mol. The minimum Gasteiger partial charge on any atom is -0.507 e. The summed E-state index contributed by atoms with van der Waals surface area (Å²) >= 11 is 0.824. The van der Waals surface area contributed by atoms with Gasteiger partial charge in [0.2, 0.25) is 0 Å². The number of aromatic nitrogens is 1. The maximum absolute atomic E-state index is 13.5. The van der Waals surface area contributed by atoms with Crippen molar-refractivity contribution in [1.82, 2.24) is 4.98 Å². The summed E-state index contributed by atoms with van der Waals surface area (Å²) in [6, 6.07) is 18.3. The lowest BCUT2D eigenvalue weighted by molar-refractivity contribution is -0.384. The number of ketones is 1. The monoisotopic (exact) mass is 625 g/mol. The first-order valence-electron chi connectivity index (χ1n) is 13.7. The summed E-state index contributed by atoms with van der Waals surface area (Å²) in [5.41, 5.74) is 2.17. The molecular formula is C33H27N3O8S. The molecule has 228 valence electrons. The third-order valence-corrected chi connectivity index (χ3v) is 8.27. The number of thiazole rings is 1. The fraction of sp³-hybridized carbons (Fsp3) is 0.152. The molecule has 1 aromatic heterocycles. The van der Waals surface area contributed by atoms with Gasteiger partial charge in [-0.05, 0) is 54.8 Å². The highest BCUT2D eigenvalue weighted by Crippen LogP contribution is 2.44. The number of non-ortho nitro benzene ring substituents is 1. The van der Waals surface area contributed by atoms with Crippen molar-refractivity contribution in [2.45, 2.75) is 26.5 Å². The van der Waals surface area contributed by atoms with Crippen LogP contribution in [0, 0.1) is 24.0 Å². The number of Topliss-reactive ketones (excluding diaryl/α,β-unsaturated/α-hetero) is 1. The molecule has 0 spiro atoms. The number of nitro groups is 1. The van der Waals surface area contributed by atoms with Crippen LogP contribution in [0.15, 0.2) is 91.0 Å². The Hall–Kier alpha value is -5.62. The van der Waals surface area contributed by atoms with Crippen molar-refractivity contribution in [1.29, 1.82) is 0 Å². The van der Waals surface area contributed by atoms with E-state index in [0.717, 1.165) is 27.4 Å². The van der Waals surface area contributed by atoms with Crippen LogP contribution in [0.3, 0.4) is 0 Å². The van der Waals surface area contributed by atoms with Gasteiger partial charge in [0.05, 0.1) is 22.2 Å². The van der Waals surface area contributed by atoms with Crippen LogP contribution >= 0.6 is 11.3 Å². The van der Waals surface area contributed by atoms with Crippen LogP contribution in [-0.2, 0) is 20.9 Å². The third-order valence-electron chi connectivity index (χ3n) is 7.13. The van der Waals surface area contributed by atoms with E-state index in [9.17, 15) is 29.6 Å². The fourth-order valence-corrected chi connectivity index (χ4v) is 5.81. The molecule has 2 heterocycles. The summed E-state index contributed by atoms with van der Waals surface area (Å²) in [6.45, 7) is 7.33. The lowest BCUT2D eigenvalue weighted by Crippen LogP contribution is -2.29. The number of benzene rings is 3. The first-order chi connectivity index (χ1) is 21.6. The molecule has 1 atom stereocenters. The molecule has 1 amide bonds. The van der Waals surface area contributed by atoms with Gasteiger partial charge in [0.1, 0.15) is 29.6 Å². The van der Waals surface area contributed by atoms with Gasteiger partial charge in [-0.3, -0.25) is 24.6 Å². The molecule has 1 unspecified atom stereocenters. The van der Waals surface area contributed by atoms with Crippen molar-refractivity contribution < 1.29 is 33.9 Å². The molecule has 0 saturated carbocycles. The number of aliphatic hydroxyl groups excluding tert-OH is 1. The predicted octanol–water partition coefficient (Wildman–Crippen LogP) is 6.22. The van der Waals surface area contributed by atoms with Crippen molar-refractivity contribution in [3.8, 4) is 5.75 Å². The van der Waals surface area contributed by atoms with E-state index in [-0.39, 0.29) is 44.7 Å². The van der Waals surface area contributed by atoms with Gasteiger partial charge in [0.25, 0.3) is 11.5 Å². The first kappa shape index (κ1) is 30.8. The normalized spacial score (nSPS) is 15.6. The maximum atomic E-state index is 13.5. The molecule has 45 heavy (non-hydrogen) atoms. The molecule has 11 nitrogen and oxygen atoms in total. The molecule has 1 fully saturated rings. The van der Waals surface area contributed by atoms with E-state index < -0.39 is 34.4 Å². The van der Waals surface area contributed by atoms with Crippen molar-refractivity contribution in [2.75, 3.05) is 11.5 Å². The zero-order valence-corrected chi connectivity index (χ0v) is 25.1. The molecule has 1 aliphatic rings. The largest absolute Gasteiger partial charge is 0.507 e. The Balaban J connectivity index is 1.55. The summed E-state index contributed by atoms with van der Waals surface area (Å²) in [5, 5.41) is 23.1. The van der Waals surface area contributed by atoms with Gasteiger partial charge in [-0.25, -0.2) is 9.78 Å². The Kier molecular flexibility index (Phi) is 8.86. The standard InChI is InChI=1S/C33H27N3O8S/c1-4-16-43-32(40)30-20(3)34-33(45-30)35-27(22-10-7-11-24(17-22)36(41)42)26(29(38)31(35)39)28(37)21-12-14-25(15-13-21)44-18-23-9-6-5-8-19(23)2/h4-15,17,27,37H,1,16,18H2,2-3H3/b28-26+. The predicted molar refractivity (Wildman–Crippen MR) is 167 cm³/mol. The number of nitrogens with zero attached hydrogens (tertiary/aromatic N) is 3. The summed E-state index contributed by atoms with van der Waals surface area (Å²) in [7, 11) is 0. The summed E-state index contributed by atoms with van der Waals surface area (Å²) in [5.74, 6) is -2.71. The maximum Gasteiger partial charge on any atom is 0.350 e. The van der Waals surface area contributed by atoms with E-state index in [1.807, 2.05) is 31.2 Å². The molecule has 0 radical (unpaired) electrons. The van der Waals surface area contributed by atoms with Crippen molar-refractivity contribution in [3.05, 3.63) is 134 Å². The number of carbonyl (C=O) groups is 3. The van der Waals surface area contributed by atoms with Gasteiger partial charge in [-0.15, -0.1) is 0 Å². The van der Waals surface area contributed by atoms with Gasteiger partial charge in [0, 0.05) is 17.7 Å². The average Bonchev–Trinajstić information content (AvgIpc) is 3.55. The number of amides is 1. The Labute approximate surface area is 261 Å². The topological polar surface area (TPSA) is 149 Å². The molecule has 1 saturated heterocycles. The number of anilines is 1. The zero-order valence-electron chi connectivity index (χ0n) is 24.3. The van der Waals surface area contributed by atoms with Crippen molar-refractivity contribution in [2.24, 2.45) is 0 Å². The smallest absolute Gasteiger partial charge is 0.350 e. The van der Waals surface area contributed by atoms with Crippen LogP contribution < -0.4 is 9.64 Å². The number of hydrogen-bond acceptors (Lipinski definition) is 10. The number of aliphatic hydroxyl groups is 1. The molecule has 5 rings (SSSR count). The SMILES string of the molecule is C=CCOC(=O)c1sc(N2C(=O)C(=O)/C(=C(/O)c3ccc(OCc4ccccc4C)cc3)C2c2cccc([N+](=O)[O-])c2)nc1C. The van der Waals surface area contributed by atoms with Crippen LogP contribution in [0.5, 0.6) is 5.75 Å². The Morgan fingerprint density at radius 2 is 1.84 bits per heavy atom. The molecule has 3 aromatic carbocycles. The Morgan fingerprint density at radius 1 is 1.11 bits per heavy atom. The Bertz CT molecular complexity index is 1860. The Morgan fingerprint density at radius 3 is 2.53 bits per heavy atom. The average molecular weight is 626 g/mol. The van der Waals surface area contributed by atoms with Crippen LogP contribution in [0.2, 0.25) is 0 Å². The molecule has 12 heteroatoms. The number of carbonyl (C=O) groups excluding carboxylic acids is 3. The number of hydrogen-bond donors (Lipinski definition) is 1. The van der Waals surface area contributed by atoms with Gasteiger partial charge in [-0.1, -0.05) is 60.4 Å².